The van der Waals surface area contributed by atoms with Crippen LogP contribution in [-0.2, 0) is 16.6 Å². The van der Waals surface area contributed by atoms with Crippen molar-refractivity contribution < 1.29 is 8.42 Å². The maximum Gasteiger partial charge on any atom is 0.260 e. The Morgan fingerprint density at radius 3 is 2.63 bits per heavy atom. The van der Waals surface area contributed by atoms with E-state index >= 15 is 0 Å². The fraction of sp³-hybridized carbons (Fsp3) is 0.750. The quantitative estimate of drug-likeness (QED) is 0.756. The number of H-pyrrole nitrogens is 1. The monoisotopic (exact) mass is 288 g/mol. The first-order valence-corrected chi connectivity index (χ1v) is 8.17. The number of hydrogen-bond donors (Lipinski definition) is 2. The summed E-state index contributed by atoms with van der Waals surface area (Å²) in [6.07, 6.45) is 2.35. The van der Waals surface area contributed by atoms with Crippen LogP contribution in [0.4, 0.5) is 0 Å². The lowest BCUT2D eigenvalue weighted by Gasteiger charge is -2.26. The summed E-state index contributed by atoms with van der Waals surface area (Å²) in [7, 11) is -3.50. The van der Waals surface area contributed by atoms with Crippen LogP contribution >= 0.6 is 0 Å². The molecule has 0 amide bonds. The number of aromatic nitrogens is 2. The highest BCUT2D eigenvalue weighted by atomic mass is 32.2. The molecule has 6 nitrogen and oxygen atoms in total. The number of sulfonamides is 1. The van der Waals surface area contributed by atoms with E-state index < -0.39 is 10.0 Å². The van der Waals surface area contributed by atoms with Crippen molar-refractivity contribution in [2.24, 2.45) is 0 Å². The van der Waals surface area contributed by atoms with Gasteiger partial charge in [0.05, 0.1) is 6.20 Å². The van der Waals surface area contributed by atoms with Gasteiger partial charge in [-0.15, -0.1) is 0 Å². The molecule has 0 aliphatic carbocycles. The fourth-order valence-electron chi connectivity index (χ4n) is 1.95. The highest BCUT2D eigenvalue weighted by Gasteiger charge is 2.30. The van der Waals surface area contributed by atoms with Crippen LogP contribution in [0.3, 0.4) is 0 Å². The number of nitrogens with zero attached hydrogens (tertiary/aromatic N) is 2. The van der Waals surface area contributed by atoms with Gasteiger partial charge < -0.3 is 5.32 Å². The standard InChI is InChI=1S/C12H24N4O2S/c1-5-10(4)16(7-3)19(17,18)12-11(8-13-6-2)9-14-15-12/h9-10,13H,5-8H2,1-4H3,(H,14,15). The van der Waals surface area contributed by atoms with Gasteiger partial charge in [0.2, 0.25) is 0 Å². The summed E-state index contributed by atoms with van der Waals surface area (Å²) in [5.74, 6) is 0. The molecule has 0 saturated carbocycles. The average Bonchev–Trinajstić information content (AvgIpc) is 2.85. The van der Waals surface area contributed by atoms with E-state index in [0.717, 1.165) is 13.0 Å². The van der Waals surface area contributed by atoms with E-state index in [1.54, 1.807) is 6.20 Å². The van der Waals surface area contributed by atoms with Gasteiger partial charge >= 0.3 is 0 Å². The van der Waals surface area contributed by atoms with Crippen LogP contribution in [0.1, 0.15) is 39.7 Å². The predicted octanol–water partition coefficient (Wildman–Crippen LogP) is 1.33. The highest BCUT2D eigenvalue weighted by molar-refractivity contribution is 7.89. The van der Waals surface area contributed by atoms with Gasteiger partial charge in [0, 0.05) is 24.7 Å². The van der Waals surface area contributed by atoms with Crippen molar-refractivity contribution in [3.63, 3.8) is 0 Å². The van der Waals surface area contributed by atoms with Crippen LogP contribution in [-0.4, -0.2) is 42.1 Å². The molecule has 19 heavy (non-hydrogen) atoms. The van der Waals surface area contributed by atoms with Crippen molar-refractivity contribution in [2.75, 3.05) is 13.1 Å². The summed E-state index contributed by atoms with van der Waals surface area (Å²) in [4.78, 5) is 0. The Balaban J connectivity index is 3.08. The molecule has 0 aliphatic heterocycles. The van der Waals surface area contributed by atoms with Gasteiger partial charge in [-0.25, -0.2) is 8.42 Å². The van der Waals surface area contributed by atoms with E-state index in [-0.39, 0.29) is 11.1 Å². The summed E-state index contributed by atoms with van der Waals surface area (Å²) in [5, 5.41) is 9.83. The largest absolute Gasteiger partial charge is 0.313 e. The number of rotatable bonds is 8. The van der Waals surface area contributed by atoms with Crippen LogP contribution in [0.15, 0.2) is 11.2 Å². The number of hydrogen-bond acceptors (Lipinski definition) is 4. The second kappa shape index (κ2) is 7.02. The van der Waals surface area contributed by atoms with Crippen molar-refractivity contribution >= 4 is 10.0 Å². The third-order valence-corrected chi connectivity index (χ3v) is 5.31. The summed E-state index contributed by atoms with van der Waals surface area (Å²) < 4.78 is 26.8. The van der Waals surface area contributed by atoms with E-state index in [2.05, 4.69) is 15.5 Å². The highest BCUT2D eigenvalue weighted by Crippen LogP contribution is 2.20. The zero-order chi connectivity index (χ0) is 14.5. The minimum absolute atomic E-state index is 0.0229. The first-order chi connectivity index (χ1) is 8.98. The van der Waals surface area contributed by atoms with E-state index in [0.29, 0.717) is 18.7 Å². The van der Waals surface area contributed by atoms with Crippen LogP contribution in [0, 0.1) is 0 Å². The molecule has 0 aromatic carbocycles. The lowest BCUT2D eigenvalue weighted by molar-refractivity contribution is 0.341. The molecule has 1 atom stereocenters. The lowest BCUT2D eigenvalue weighted by Crippen LogP contribution is -2.38. The summed E-state index contributed by atoms with van der Waals surface area (Å²) in [6.45, 7) is 9.47. The van der Waals surface area contributed by atoms with E-state index in [9.17, 15) is 8.42 Å². The molecule has 2 N–H and O–H groups in total. The van der Waals surface area contributed by atoms with Crippen molar-refractivity contribution in [1.29, 1.82) is 0 Å². The summed E-state index contributed by atoms with van der Waals surface area (Å²) in [5.41, 5.74) is 0.684. The molecule has 1 rings (SSSR count). The molecule has 0 radical (unpaired) electrons. The van der Waals surface area contributed by atoms with Gasteiger partial charge in [-0.05, 0) is 19.9 Å². The van der Waals surface area contributed by atoms with Crippen LogP contribution in [0.25, 0.3) is 0 Å². The Morgan fingerprint density at radius 2 is 2.11 bits per heavy atom. The molecule has 0 aliphatic rings. The topological polar surface area (TPSA) is 78.1 Å². The summed E-state index contributed by atoms with van der Waals surface area (Å²) >= 11 is 0. The molecule has 0 saturated heterocycles. The maximum absolute atomic E-state index is 12.6. The molecule has 1 heterocycles. The van der Waals surface area contributed by atoms with Crippen molar-refractivity contribution in [1.82, 2.24) is 19.8 Å². The molecule has 1 unspecified atom stereocenters. The van der Waals surface area contributed by atoms with Crippen LogP contribution < -0.4 is 5.32 Å². The Hall–Kier alpha value is -0.920. The van der Waals surface area contributed by atoms with E-state index in [1.807, 2.05) is 27.7 Å². The third-order valence-electron chi connectivity index (χ3n) is 3.20. The van der Waals surface area contributed by atoms with Gasteiger partial charge in [-0.2, -0.15) is 9.40 Å². The van der Waals surface area contributed by atoms with Crippen LogP contribution in [0.2, 0.25) is 0 Å². The van der Waals surface area contributed by atoms with E-state index in [4.69, 9.17) is 0 Å². The van der Waals surface area contributed by atoms with Gasteiger partial charge in [0.25, 0.3) is 10.0 Å². The molecule has 1 aromatic heterocycles. The predicted molar refractivity (Wildman–Crippen MR) is 75.3 cm³/mol. The SMILES string of the molecule is CCNCc1cn[nH]c1S(=O)(=O)N(CC)C(C)CC. The number of nitrogens with one attached hydrogen (secondary N) is 2. The first kappa shape index (κ1) is 16.1. The second-order valence-corrected chi connectivity index (χ2v) is 6.30. The molecule has 7 heteroatoms. The molecule has 0 fully saturated rings. The molecule has 1 aromatic rings. The molecular weight excluding hydrogens is 264 g/mol. The van der Waals surface area contributed by atoms with Crippen molar-refractivity contribution in [3.8, 4) is 0 Å². The van der Waals surface area contributed by atoms with Gasteiger partial charge in [-0.3, -0.25) is 5.10 Å². The van der Waals surface area contributed by atoms with Crippen molar-refractivity contribution in [3.05, 3.63) is 11.8 Å². The maximum atomic E-state index is 12.6. The Morgan fingerprint density at radius 1 is 1.42 bits per heavy atom. The van der Waals surface area contributed by atoms with Crippen LogP contribution in [0.5, 0.6) is 0 Å². The zero-order valence-corrected chi connectivity index (χ0v) is 12.9. The molecule has 110 valence electrons. The number of aromatic amines is 1. The normalized spacial score (nSPS) is 13.9. The average molecular weight is 288 g/mol. The van der Waals surface area contributed by atoms with Gasteiger partial charge in [0.15, 0.2) is 5.03 Å². The second-order valence-electron chi connectivity index (χ2n) is 4.47. The minimum atomic E-state index is -3.50. The van der Waals surface area contributed by atoms with E-state index in [1.165, 1.54) is 4.31 Å². The zero-order valence-electron chi connectivity index (χ0n) is 12.1. The fourth-order valence-corrected chi connectivity index (χ4v) is 3.77. The molecule has 0 spiro atoms. The summed E-state index contributed by atoms with van der Waals surface area (Å²) in [6, 6.07) is -0.0229. The Labute approximate surface area is 115 Å². The van der Waals surface area contributed by atoms with Crippen molar-refractivity contribution in [2.45, 2.75) is 51.7 Å². The Kier molecular flexibility index (Phi) is 5.96. The van der Waals surface area contributed by atoms with Gasteiger partial charge in [0.1, 0.15) is 0 Å². The third kappa shape index (κ3) is 3.55. The molecule has 0 bridgehead atoms. The lowest BCUT2D eigenvalue weighted by atomic mass is 10.3. The smallest absolute Gasteiger partial charge is 0.260 e. The Bertz CT molecular complexity index is 484. The molecular formula is C12H24N4O2S. The van der Waals surface area contributed by atoms with Gasteiger partial charge in [-0.1, -0.05) is 20.8 Å². The minimum Gasteiger partial charge on any atom is -0.313 e. The first-order valence-electron chi connectivity index (χ1n) is 6.73.